The molecule has 0 amide bonds. The number of rotatable bonds is 10. The van der Waals surface area contributed by atoms with Crippen LogP contribution in [0.1, 0.15) is 50.1 Å². The summed E-state index contributed by atoms with van der Waals surface area (Å²) in [4.78, 5) is 16.0. The van der Waals surface area contributed by atoms with Gasteiger partial charge in [-0.2, -0.15) is 11.8 Å². The van der Waals surface area contributed by atoms with Crippen LogP contribution in [0, 0.1) is 11.8 Å². The van der Waals surface area contributed by atoms with E-state index in [4.69, 9.17) is 37.8 Å². The standard InChI is InChI=1S/C16H22ClNO2S.C15H22ClNOS.C4H8O.Al.Li.4H/c1-18-8-7-15(12-3-5-14(17)6-4-12)13(9-18)10-21-11-16(19)20-2;1-17-7-6-15(12-2-4-14(16)5-3-12)13(10-17)11-19-9-8-18;1-2-4-5-3-1;;;;;;/h3-6,13,15H,7-11H2,1-2H3;2-5,13,15,18H,6-11H2,1H3;1-4H2;;;;;;/q;;;;+1;;;;-1/t2*13-,15-;;;;;;;/m11......./s1. The third kappa shape index (κ3) is 17.3. The molecule has 0 saturated carbocycles. The molecule has 3 aliphatic rings. The van der Waals surface area contributed by atoms with Crippen molar-refractivity contribution in [3.63, 3.8) is 0 Å². The van der Waals surface area contributed by atoms with Crippen LogP contribution in [-0.4, -0.2) is 128 Å². The van der Waals surface area contributed by atoms with E-state index in [9.17, 15) is 4.79 Å². The molecule has 12 heteroatoms. The van der Waals surface area contributed by atoms with E-state index in [0.717, 1.165) is 73.1 Å². The van der Waals surface area contributed by atoms with E-state index in [-0.39, 0.29) is 50.2 Å². The van der Waals surface area contributed by atoms with Crippen LogP contribution in [0.15, 0.2) is 48.5 Å². The molecule has 3 saturated heterocycles. The van der Waals surface area contributed by atoms with Crippen LogP contribution >= 0.6 is 46.7 Å². The summed E-state index contributed by atoms with van der Waals surface area (Å²) in [6.45, 7) is 6.77. The molecule has 6 nitrogen and oxygen atoms in total. The van der Waals surface area contributed by atoms with Gasteiger partial charge in [0.15, 0.2) is 17.4 Å². The maximum Gasteiger partial charge on any atom is 1.00 e. The Bertz CT molecular complexity index is 1110. The average molecular weight is 738 g/mol. The van der Waals surface area contributed by atoms with Gasteiger partial charge < -0.3 is 25.8 Å². The first-order chi connectivity index (χ1) is 21.8. The number of benzene rings is 2. The molecule has 260 valence electrons. The van der Waals surface area contributed by atoms with Crippen molar-refractivity contribution in [1.82, 2.24) is 9.80 Å². The second kappa shape index (κ2) is 26.0. The number of nitrogens with zero attached hydrogens (tertiary/aromatic N) is 2. The first kappa shape index (κ1) is 45.2. The molecule has 0 spiro atoms. The fourth-order valence-corrected chi connectivity index (χ4v) is 8.46. The second-order valence-corrected chi connectivity index (χ2v) is 15.2. The largest absolute Gasteiger partial charge is 1.00 e. The van der Waals surface area contributed by atoms with Crippen molar-refractivity contribution in [2.75, 3.05) is 90.2 Å². The van der Waals surface area contributed by atoms with Crippen LogP contribution in [0.2, 0.25) is 10.0 Å². The van der Waals surface area contributed by atoms with E-state index in [1.54, 1.807) is 11.8 Å². The van der Waals surface area contributed by atoms with Gasteiger partial charge in [0.2, 0.25) is 0 Å². The fraction of sp³-hybridized carbons (Fsp3) is 0.629. The predicted octanol–water partition coefficient (Wildman–Crippen LogP) is 3.11. The molecule has 4 atom stereocenters. The van der Waals surface area contributed by atoms with Gasteiger partial charge in [0.05, 0.1) is 19.5 Å². The number of methoxy groups -OCH3 is 1. The summed E-state index contributed by atoms with van der Waals surface area (Å²) in [5.74, 6) is 5.62. The summed E-state index contributed by atoms with van der Waals surface area (Å²) in [6, 6.07) is 16.5. The molecule has 3 heterocycles. The van der Waals surface area contributed by atoms with E-state index in [0.29, 0.717) is 29.4 Å². The molecule has 3 fully saturated rings. The van der Waals surface area contributed by atoms with Crippen molar-refractivity contribution in [2.24, 2.45) is 11.8 Å². The Morgan fingerprint density at radius 3 is 1.70 bits per heavy atom. The number of halogens is 2. The third-order valence-corrected chi connectivity index (χ3v) is 11.4. The summed E-state index contributed by atoms with van der Waals surface area (Å²) in [6.07, 6.45) is 4.92. The molecule has 1 N–H and O–H groups in total. The number of hydrogen-bond donors (Lipinski definition) is 1. The van der Waals surface area contributed by atoms with Crippen LogP contribution in [0.25, 0.3) is 0 Å². The molecule has 0 radical (unpaired) electrons. The summed E-state index contributed by atoms with van der Waals surface area (Å²) in [7, 11) is 5.80. The minimum absolute atomic E-state index is 0. The first-order valence-corrected chi connectivity index (χ1v) is 19.2. The summed E-state index contributed by atoms with van der Waals surface area (Å²) >= 11 is 15.5. The van der Waals surface area contributed by atoms with Gasteiger partial charge in [-0.25, -0.2) is 0 Å². The van der Waals surface area contributed by atoms with E-state index in [1.165, 1.54) is 37.5 Å². The van der Waals surface area contributed by atoms with Crippen molar-refractivity contribution in [3.8, 4) is 0 Å². The fourth-order valence-electron chi connectivity index (χ4n) is 6.23. The molecular weight excluding hydrogens is 681 g/mol. The van der Waals surface area contributed by atoms with Crippen LogP contribution in [0.5, 0.6) is 0 Å². The SMILES string of the molecule is C1CCOC1.CN1CC[C@H](c2ccc(Cl)cc2)[C@@H](CSCCO)C1.COC(=O)CSC[C@H]1CN(C)CC[C@@H]1c1ccc(Cl)cc1.[AlH3].[H-].[Li+]. The van der Waals surface area contributed by atoms with Crippen LogP contribution in [0.4, 0.5) is 0 Å². The van der Waals surface area contributed by atoms with Crippen LogP contribution in [0.3, 0.4) is 0 Å². The average Bonchev–Trinajstić information content (AvgIpc) is 3.64. The van der Waals surface area contributed by atoms with Gasteiger partial charge in [0.1, 0.15) is 0 Å². The molecular formula is C35H56AlCl2LiN2O4S2. The van der Waals surface area contributed by atoms with Crippen molar-refractivity contribution in [1.29, 1.82) is 0 Å². The normalized spacial score (nSPS) is 22.8. The van der Waals surface area contributed by atoms with Crippen LogP contribution in [-0.2, 0) is 14.3 Å². The molecule has 2 aromatic rings. The molecule has 3 aliphatic heterocycles. The molecule has 0 bridgehead atoms. The molecule has 5 rings (SSSR count). The van der Waals surface area contributed by atoms with E-state index in [1.807, 2.05) is 36.0 Å². The van der Waals surface area contributed by atoms with Gasteiger partial charge in [-0.3, -0.25) is 4.79 Å². The number of esters is 1. The summed E-state index contributed by atoms with van der Waals surface area (Å²) < 4.78 is 9.64. The molecule has 0 unspecified atom stereocenters. The Morgan fingerprint density at radius 1 is 0.872 bits per heavy atom. The van der Waals surface area contributed by atoms with Gasteiger partial charge in [-0.15, -0.1) is 11.8 Å². The van der Waals surface area contributed by atoms with Gasteiger partial charge in [-0.05, 0) is 123 Å². The number of ether oxygens (including phenoxy) is 2. The zero-order valence-electron chi connectivity index (χ0n) is 29.2. The Balaban J connectivity index is 0.000000762. The van der Waals surface area contributed by atoms with Gasteiger partial charge in [0, 0.05) is 42.1 Å². The van der Waals surface area contributed by atoms with E-state index >= 15 is 0 Å². The molecule has 0 aromatic heterocycles. The number of carbonyl (C=O) groups excluding carboxylic acids is 1. The van der Waals surface area contributed by atoms with Crippen molar-refractivity contribution in [2.45, 2.75) is 37.5 Å². The van der Waals surface area contributed by atoms with Gasteiger partial charge >= 0.3 is 24.8 Å². The molecule has 0 aliphatic carbocycles. The maximum absolute atomic E-state index is 11.2. The number of likely N-dealkylation sites (tertiary alicyclic amines) is 2. The zero-order chi connectivity index (χ0) is 32.4. The monoisotopic (exact) mass is 736 g/mol. The third-order valence-electron chi connectivity index (χ3n) is 8.64. The topological polar surface area (TPSA) is 62.2 Å². The van der Waals surface area contributed by atoms with Gasteiger partial charge in [-0.1, -0.05) is 47.5 Å². The summed E-state index contributed by atoms with van der Waals surface area (Å²) in [5.41, 5.74) is 2.77. The second-order valence-electron chi connectivity index (χ2n) is 12.1. The number of aliphatic hydroxyl groups is 1. The van der Waals surface area contributed by atoms with Crippen LogP contribution < -0.4 is 18.9 Å². The van der Waals surface area contributed by atoms with Crippen molar-refractivity contribution >= 4 is 70.1 Å². The van der Waals surface area contributed by atoms with Crippen molar-refractivity contribution < 1.29 is 39.7 Å². The Kier molecular flexibility index (Phi) is 25.0. The van der Waals surface area contributed by atoms with E-state index in [2.05, 4.69) is 48.2 Å². The Labute approximate surface area is 326 Å². The smallest absolute Gasteiger partial charge is 1.00 e. The number of carbonyl (C=O) groups is 1. The minimum atomic E-state index is -0.146. The number of aliphatic hydroxyl groups excluding tert-OH is 1. The Morgan fingerprint density at radius 2 is 1.32 bits per heavy atom. The molecule has 2 aromatic carbocycles. The maximum atomic E-state index is 11.2. The number of thioether (sulfide) groups is 2. The predicted molar refractivity (Wildman–Crippen MR) is 204 cm³/mol. The first-order valence-electron chi connectivity index (χ1n) is 16.1. The number of hydrogen-bond acceptors (Lipinski definition) is 8. The summed E-state index contributed by atoms with van der Waals surface area (Å²) in [5, 5.41) is 10.5. The Hall–Kier alpha value is 0.160. The minimum Gasteiger partial charge on any atom is -1.00 e. The molecule has 47 heavy (non-hydrogen) atoms. The van der Waals surface area contributed by atoms with Gasteiger partial charge in [0.25, 0.3) is 0 Å². The van der Waals surface area contributed by atoms with Crippen molar-refractivity contribution in [3.05, 3.63) is 69.7 Å². The quantitative estimate of drug-likeness (QED) is 0.227. The zero-order valence-corrected chi connectivity index (χ0v) is 31.3. The van der Waals surface area contributed by atoms with E-state index < -0.39 is 0 Å². The number of piperidine rings is 2.